The van der Waals surface area contributed by atoms with Gasteiger partial charge in [0.1, 0.15) is 11.4 Å². The van der Waals surface area contributed by atoms with Crippen molar-refractivity contribution < 1.29 is 14.2 Å². The Kier molecular flexibility index (Phi) is 8.51. The molecule has 0 aliphatic heterocycles. The van der Waals surface area contributed by atoms with Crippen LogP contribution < -0.4 is 24.3 Å². The van der Waals surface area contributed by atoms with E-state index >= 15 is 0 Å². The molecule has 10 heteroatoms. The fourth-order valence-corrected chi connectivity index (χ4v) is 5.58. The molecule has 0 saturated carbocycles. The second-order valence-corrected chi connectivity index (χ2v) is 10.9. The highest BCUT2D eigenvalue weighted by Gasteiger charge is 2.15. The summed E-state index contributed by atoms with van der Waals surface area (Å²) in [6, 6.07) is 23.4. The molecule has 222 valence electrons. The molecule has 6 rings (SSSR count). The van der Waals surface area contributed by atoms with E-state index in [1.165, 1.54) is 15.9 Å². The molecule has 3 aromatic carbocycles. The minimum Gasteiger partial charge on any atom is -0.494 e. The van der Waals surface area contributed by atoms with Gasteiger partial charge in [-0.15, -0.1) is 5.10 Å². The fourth-order valence-electron chi connectivity index (χ4n) is 4.68. The van der Waals surface area contributed by atoms with E-state index in [1.807, 2.05) is 103 Å². The van der Waals surface area contributed by atoms with Crippen molar-refractivity contribution in [2.45, 2.75) is 20.3 Å². The Morgan fingerprint density at radius 3 is 2.55 bits per heavy atom. The molecule has 44 heavy (non-hydrogen) atoms. The number of hydrogen-bond acceptors (Lipinski definition) is 8. The Bertz CT molecular complexity index is 2050. The Morgan fingerprint density at radius 1 is 0.909 bits per heavy atom. The van der Waals surface area contributed by atoms with Crippen LogP contribution in [0.25, 0.3) is 40.1 Å². The molecule has 0 radical (unpaired) electrons. The molecular formula is C34H31N5O4S. The third-order valence-corrected chi connectivity index (χ3v) is 7.70. The van der Waals surface area contributed by atoms with Gasteiger partial charge in [0.15, 0.2) is 17.3 Å². The smallest absolute Gasteiger partial charge is 0.291 e. The largest absolute Gasteiger partial charge is 0.494 e. The number of thiazole rings is 1. The number of fused-ring (bicyclic) bond motifs is 1. The van der Waals surface area contributed by atoms with Crippen LogP contribution in [0.2, 0.25) is 0 Å². The summed E-state index contributed by atoms with van der Waals surface area (Å²) in [5.41, 5.74) is 4.00. The van der Waals surface area contributed by atoms with E-state index in [9.17, 15) is 4.79 Å². The van der Waals surface area contributed by atoms with Gasteiger partial charge >= 0.3 is 0 Å². The molecule has 0 aliphatic carbocycles. The fraction of sp³-hybridized carbons (Fsp3) is 0.176. The lowest BCUT2D eigenvalue weighted by Gasteiger charge is -2.09. The zero-order chi connectivity index (χ0) is 30.5. The Morgan fingerprint density at radius 2 is 1.77 bits per heavy atom. The maximum absolute atomic E-state index is 13.4. The van der Waals surface area contributed by atoms with Gasteiger partial charge in [0.2, 0.25) is 4.96 Å². The molecule has 3 aromatic heterocycles. The van der Waals surface area contributed by atoms with Crippen molar-refractivity contribution in [1.82, 2.24) is 24.4 Å². The quantitative estimate of drug-likeness (QED) is 0.181. The average molecular weight is 606 g/mol. The van der Waals surface area contributed by atoms with Gasteiger partial charge in [0.25, 0.3) is 5.56 Å². The summed E-state index contributed by atoms with van der Waals surface area (Å²) in [6.45, 7) is 5.18. The van der Waals surface area contributed by atoms with Crippen molar-refractivity contribution in [3.8, 4) is 34.2 Å². The zero-order valence-corrected chi connectivity index (χ0v) is 25.5. The molecule has 0 spiro atoms. The normalized spacial score (nSPS) is 11.9. The highest BCUT2D eigenvalue weighted by Crippen LogP contribution is 2.29. The van der Waals surface area contributed by atoms with Crippen molar-refractivity contribution in [2.24, 2.45) is 0 Å². The van der Waals surface area contributed by atoms with Gasteiger partial charge in [0.05, 0.1) is 30.5 Å². The number of hydrogen-bond donors (Lipinski definition) is 0. The topological polar surface area (TPSA) is 92.8 Å². The minimum atomic E-state index is -0.238. The van der Waals surface area contributed by atoms with Crippen LogP contribution in [0, 0.1) is 0 Å². The maximum Gasteiger partial charge on any atom is 0.291 e. The van der Waals surface area contributed by atoms with Gasteiger partial charge < -0.3 is 14.2 Å². The van der Waals surface area contributed by atoms with Crippen LogP contribution in [-0.2, 0) is 0 Å². The summed E-state index contributed by atoms with van der Waals surface area (Å²) in [7, 11) is 1.61. The molecule has 0 unspecified atom stereocenters. The summed E-state index contributed by atoms with van der Waals surface area (Å²) >= 11 is 1.29. The number of aromatic nitrogens is 5. The standard InChI is InChI=1S/C34H31N5O4S/c1-4-18-43-27-13-9-10-24(20-27)32-25(22-38(37-32)26-11-7-6-8-12-26)21-30-33(40)39-34(44-30)35-31(36-39)17-15-23-14-16-28(42-5-2)29(19-23)41-3/h6-17,19-22H,4-5,18H2,1-3H3/b17-15+,30-21-. The molecular weight excluding hydrogens is 574 g/mol. The molecule has 0 N–H and O–H groups in total. The summed E-state index contributed by atoms with van der Waals surface area (Å²) in [5, 5.41) is 9.36. The molecule has 0 aliphatic rings. The van der Waals surface area contributed by atoms with Crippen molar-refractivity contribution in [1.29, 1.82) is 0 Å². The van der Waals surface area contributed by atoms with Crippen LogP contribution in [0.4, 0.5) is 0 Å². The molecule has 0 bridgehead atoms. The Hall–Kier alpha value is -5.22. The highest BCUT2D eigenvalue weighted by molar-refractivity contribution is 7.15. The number of para-hydroxylation sites is 1. The van der Waals surface area contributed by atoms with Crippen molar-refractivity contribution in [3.05, 3.63) is 111 Å². The van der Waals surface area contributed by atoms with Gasteiger partial charge in [-0.05, 0) is 67.5 Å². The molecule has 3 heterocycles. The van der Waals surface area contributed by atoms with E-state index in [4.69, 9.17) is 19.3 Å². The van der Waals surface area contributed by atoms with E-state index in [0.29, 0.717) is 40.0 Å². The predicted molar refractivity (Wildman–Crippen MR) is 174 cm³/mol. The molecule has 0 atom stereocenters. The SMILES string of the molecule is CCCOc1cccc(-c2nn(-c3ccccc3)cc2/C=c2\sc3nc(/C=C/c4ccc(OCC)c(OC)c4)nn3c2=O)c1. The lowest BCUT2D eigenvalue weighted by Crippen LogP contribution is -2.23. The lowest BCUT2D eigenvalue weighted by molar-refractivity contribution is 0.311. The first kappa shape index (κ1) is 28.9. The van der Waals surface area contributed by atoms with Gasteiger partial charge in [0, 0.05) is 17.3 Å². The first-order valence-corrected chi connectivity index (χ1v) is 15.2. The summed E-state index contributed by atoms with van der Waals surface area (Å²) in [6.07, 6.45) is 8.34. The highest BCUT2D eigenvalue weighted by atomic mass is 32.1. The summed E-state index contributed by atoms with van der Waals surface area (Å²) in [4.78, 5) is 18.5. The third kappa shape index (κ3) is 6.11. The molecule has 0 saturated heterocycles. The molecule has 0 fully saturated rings. The number of benzene rings is 3. The van der Waals surface area contributed by atoms with Crippen LogP contribution >= 0.6 is 11.3 Å². The van der Waals surface area contributed by atoms with Crippen LogP contribution in [0.5, 0.6) is 17.2 Å². The average Bonchev–Trinajstić information content (AvgIpc) is 3.74. The van der Waals surface area contributed by atoms with E-state index in [-0.39, 0.29) is 5.56 Å². The summed E-state index contributed by atoms with van der Waals surface area (Å²) in [5.74, 6) is 2.54. The van der Waals surface area contributed by atoms with Crippen molar-refractivity contribution in [3.63, 3.8) is 0 Å². The van der Waals surface area contributed by atoms with E-state index in [0.717, 1.165) is 40.2 Å². The monoisotopic (exact) mass is 605 g/mol. The second kappa shape index (κ2) is 13.0. The van der Waals surface area contributed by atoms with Gasteiger partial charge in [-0.1, -0.05) is 60.7 Å². The van der Waals surface area contributed by atoms with Crippen LogP contribution in [0.15, 0.2) is 83.8 Å². The number of ether oxygens (including phenoxy) is 3. The summed E-state index contributed by atoms with van der Waals surface area (Å²) < 4.78 is 20.6. The number of methoxy groups -OCH3 is 1. The Balaban J connectivity index is 1.35. The van der Waals surface area contributed by atoms with E-state index in [1.54, 1.807) is 13.2 Å². The van der Waals surface area contributed by atoms with Gasteiger partial charge in [-0.25, -0.2) is 4.68 Å². The second-order valence-electron chi connectivity index (χ2n) is 9.85. The van der Waals surface area contributed by atoms with Crippen LogP contribution in [-0.4, -0.2) is 44.7 Å². The molecule has 0 amide bonds. The first-order valence-electron chi connectivity index (χ1n) is 14.3. The van der Waals surface area contributed by atoms with Gasteiger partial charge in [-0.2, -0.15) is 14.6 Å². The first-order chi connectivity index (χ1) is 21.6. The molecule has 9 nitrogen and oxygen atoms in total. The zero-order valence-electron chi connectivity index (χ0n) is 24.6. The van der Waals surface area contributed by atoms with Gasteiger partial charge in [-0.3, -0.25) is 4.79 Å². The number of rotatable bonds is 11. The van der Waals surface area contributed by atoms with Crippen LogP contribution in [0.3, 0.4) is 0 Å². The Labute approximate surface area is 258 Å². The van der Waals surface area contributed by atoms with Crippen LogP contribution in [0.1, 0.15) is 37.2 Å². The van der Waals surface area contributed by atoms with E-state index < -0.39 is 0 Å². The lowest BCUT2D eigenvalue weighted by atomic mass is 10.1. The number of nitrogens with zero attached hydrogens (tertiary/aromatic N) is 5. The van der Waals surface area contributed by atoms with E-state index in [2.05, 4.69) is 17.0 Å². The van der Waals surface area contributed by atoms with Crippen molar-refractivity contribution >= 4 is 34.5 Å². The van der Waals surface area contributed by atoms with Crippen molar-refractivity contribution in [2.75, 3.05) is 20.3 Å². The maximum atomic E-state index is 13.4. The predicted octanol–water partition coefficient (Wildman–Crippen LogP) is 5.92. The minimum absolute atomic E-state index is 0.238. The third-order valence-electron chi connectivity index (χ3n) is 6.74. The molecule has 6 aromatic rings.